The van der Waals surface area contributed by atoms with Crippen LogP contribution in [0.1, 0.15) is 5.69 Å². The van der Waals surface area contributed by atoms with E-state index in [-0.39, 0.29) is 0 Å². The zero-order valence-corrected chi connectivity index (χ0v) is 12.9. The first-order valence-corrected chi connectivity index (χ1v) is 7.43. The van der Waals surface area contributed by atoms with Crippen LogP contribution in [0.4, 0.5) is 0 Å². The molecule has 112 valence electrons. The predicted molar refractivity (Wildman–Crippen MR) is 91.6 cm³/mol. The molecule has 23 heavy (non-hydrogen) atoms. The van der Waals surface area contributed by atoms with Gasteiger partial charge >= 0.3 is 0 Å². The Bertz CT molecular complexity index is 1010. The van der Waals surface area contributed by atoms with Crippen LogP contribution in [0, 0.1) is 6.92 Å². The summed E-state index contributed by atoms with van der Waals surface area (Å²) in [5.74, 6) is 0.829. The van der Waals surface area contributed by atoms with Crippen LogP contribution in [0.5, 0.6) is 5.75 Å². The smallest absolute Gasteiger partial charge is 0.118 e. The summed E-state index contributed by atoms with van der Waals surface area (Å²) in [5.41, 5.74) is 5.52. The van der Waals surface area contributed by atoms with E-state index >= 15 is 0 Å². The molecular formula is C19H15N3O. The van der Waals surface area contributed by atoms with E-state index < -0.39 is 0 Å². The van der Waals surface area contributed by atoms with E-state index in [1.807, 2.05) is 55.5 Å². The molecule has 0 atom stereocenters. The normalized spacial score (nSPS) is 11.0. The first-order chi connectivity index (χ1) is 11.3. The van der Waals surface area contributed by atoms with Crippen molar-refractivity contribution in [2.75, 3.05) is 7.11 Å². The minimum absolute atomic E-state index is 0.829. The Hall–Kier alpha value is -3.01. The Morgan fingerprint density at radius 1 is 0.870 bits per heavy atom. The average Bonchev–Trinajstić information content (AvgIpc) is 2.61. The van der Waals surface area contributed by atoms with E-state index in [1.54, 1.807) is 13.3 Å². The van der Waals surface area contributed by atoms with Crippen LogP contribution in [0.2, 0.25) is 0 Å². The highest BCUT2D eigenvalue weighted by molar-refractivity contribution is 6.02. The molecule has 2 heterocycles. The quantitative estimate of drug-likeness (QED) is 0.522. The molecule has 0 aliphatic carbocycles. The maximum atomic E-state index is 5.22. The number of methoxy groups -OCH3 is 1. The number of aryl methyl sites for hydroxylation is 1. The van der Waals surface area contributed by atoms with Crippen molar-refractivity contribution < 1.29 is 4.74 Å². The monoisotopic (exact) mass is 301 g/mol. The van der Waals surface area contributed by atoms with Gasteiger partial charge in [0, 0.05) is 17.1 Å². The second-order valence-corrected chi connectivity index (χ2v) is 5.39. The average molecular weight is 301 g/mol. The molecule has 4 nitrogen and oxygen atoms in total. The van der Waals surface area contributed by atoms with Gasteiger partial charge in [-0.3, -0.25) is 4.98 Å². The maximum absolute atomic E-state index is 5.22. The standard InChI is InChI=1S/C19H15N3O/c1-12-18(13-5-7-14(23-2)8-6-13)22-19-15-4-3-11-20-16(15)9-10-17(19)21-12/h3-11H,1-2H3. The molecule has 0 fully saturated rings. The number of aromatic nitrogens is 3. The highest BCUT2D eigenvalue weighted by atomic mass is 16.5. The molecule has 2 aromatic heterocycles. The van der Waals surface area contributed by atoms with Gasteiger partial charge in [-0.05, 0) is 55.5 Å². The molecule has 0 radical (unpaired) electrons. The van der Waals surface area contributed by atoms with Crippen LogP contribution in [-0.2, 0) is 0 Å². The fourth-order valence-corrected chi connectivity index (χ4v) is 2.78. The number of fused-ring (bicyclic) bond motifs is 3. The first kappa shape index (κ1) is 13.6. The lowest BCUT2D eigenvalue weighted by atomic mass is 10.1. The predicted octanol–water partition coefficient (Wildman–Crippen LogP) is 4.16. The Kier molecular flexibility index (Phi) is 3.15. The fraction of sp³-hybridized carbons (Fsp3) is 0.105. The van der Waals surface area contributed by atoms with E-state index in [2.05, 4.69) is 4.98 Å². The molecule has 4 rings (SSSR count). The summed E-state index contributed by atoms with van der Waals surface area (Å²) in [6.45, 7) is 1.99. The van der Waals surface area contributed by atoms with Crippen LogP contribution < -0.4 is 4.74 Å². The van der Waals surface area contributed by atoms with Gasteiger partial charge in [0.15, 0.2) is 0 Å². The third-order valence-electron chi connectivity index (χ3n) is 3.95. The molecular weight excluding hydrogens is 286 g/mol. The van der Waals surface area contributed by atoms with Gasteiger partial charge in [0.25, 0.3) is 0 Å². The van der Waals surface area contributed by atoms with Gasteiger partial charge < -0.3 is 4.74 Å². The van der Waals surface area contributed by atoms with Crippen LogP contribution in [0.25, 0.3) is 33.2 Å². The van der Waals surface area contributed by atoms with Gasteiger partial charge in [-0.25, -0.2) is 9.97 Å². The summed E-state index contributed by atoms with van der Waals surface area (Å²) in [7, 11) is 1.66. The number of benzene rings is 2. The number of rotatable bonds is 2. The first-order valence-electron chi connectivity index (χ1n) is 7.43. The highest BCUT2D eigenvalue weighted by Crippen LogP contribution is 2.27. The fourth-order valence-electron chi connectivity index (χ4n) is 2.78. The van der Waals surface area contributed by atoms with Crippen molar-refractivity contribution in [2.45, 2.75) is 6.92 Å². The summed E-state index contributed by atoms with van der Waals surface area (Å²) in [4.78, 5) is 14.0. The number of nitrogens with zero attached hydrogens (tertiary/aromatic N) is 3. The van der Waals surface area contributed by atoms with Gasteiger partial charge in [0.1, 0.15) is 5.75 Å². The molecule has 2 aromatic carbocycles. The lowest BCUT2D eigenvalue weighted by Crippen LogP contribution is -1.95. The zero-order valence-electron chi connectivity index (χ0n) is 12.9. The third-order valence-corrected chi connectivity index (χ3v) is 3.95. The van der Waals surface area contributed by atoms with Gasteiger partial charge in [-0.15, -0.1) is 0 Å². The van der Waals surface area contributed by atoms with Gasteiger partial charge in [0.05, 0.1) is 35.0 Å². The molecule has 0 saturated heterocycles. The summed E-state index contributed by atoms with van der Waals surface area (Å²) < 4.78 is 5.22. The molecule has 0 aliphatic rings. The van der Waals surface area contributed by atoms with Crippen molar-refractivity contribution in [2.24, 2.45) is 0 Å². The number of ether oxygens (including phenoxy) is 1. The van der Waals surface area contributed by atoms with Crippen molar-refractivity contribution in [3.05, 3.63) is 60.4 Å². The molecule has 4 aromatic rings. The Labute approximate surface area is 133 Å². The number of pyridine rings is 1. The van der Waals surface area contributed by atoms with Gasteiger partial charge in [0.2, 0.25) is 0 Å². The molecule has 0 spiro atoms. The summed E-state index contributed by atoms with van der Waals surface area (Å²) in [5, 5.41) is 1.02. The summed E-state index contributed by atoms with van der Waals surface area (Å²) in [6.07, 6.45) is 1.79. The molecule has 0 unspecified atom stereocenters. The molecule has 0 N–H and O–H groups in total. The Morgan fingerprint density at radius 3 is 2.43 bits per heavy atom. The van der Waals surface area contributed by atoms with E-state index in [1.165, 1.54) is 0 Å². The van der Waals surface area contributed by atoms with E-state index in [0.29, 0.717) is 0 Å². The topological polar surface area (TPSA) is 47.9 Å². The van der Waals surface area contributed by atoms with Crippen molar-refractivity contribution in [3.8, 4) is 17.0 Å². The van der Waals surface area contributed by atoms with E-state index in [9.17, 15) is 0 Å². The van der Waals surface area contributed by atoms with Crippen LogP contribution in [0.3, 0.4) is 0 Å². The molecule has 0 aliphatic heterocycles. The number of hydrogen-bond donors (Lipinski definition) is 0. The minimum atomic E-state index is 0.829. The Morgan fingerprint density at radius 2 is 1.65 bits per heavy atom. The van der Waals surface area contributed by atoms with Gasteiger partial charge in [-0.1, -0.05) is 0 Å². The molecule has 0 saturated carbocycles. The van der Waals surface area contributed by atoms with Gasteiger partial charge in [-0.2, -0.15) is 0 Å². The largest absolute Gasteiger partial charge is 0.497 e. The van der Waals surface area contributed by atoms with Crippen molar-refractivity contribution in [1.29, 1.82) is 0 Å². The molecule has 4 heteroatoms. The highest BCUT2D eigenvalue weighted by Gasteiger charge is 2.10. The zero-order chi connectivity index (χ0) is 15.8. The second kappa shape index (κ2) is 5.32. The lowest BCUT2D eigenvalue weighted by Gasteiger charge is -2.09. The van der Waals surface area contributed by atoms with Crippen molar-refractivity contribution >= 4 is 21.9 Å². The van der Waals surface area contributed by atoms with E-state index in [4.69, 9.17) is 14.7 Å². The summed E-state index contributed by atoms with van der Waals surface area (Å²) >= 11 is 0. The van der Waals surface area contributed by atoms with Crippen molar-refractivity contribution in [3.63, 3.8) is 0 Å². The molecule has 0 amide bonds. The Balaban J connectivity index is 1.98. The third kappa shape index (κ3) is 2.28. The van der Waals surface area contributed by atoms with Crippen LogP contribution >= 0.6 is 0 Å². The molecule has 0 bridgehead atoms. The summed E-state index contributed by atoms with van der Waals surface area (Å²) in [6, 6.07) is 15.8. The maximum Gasteiger partial charge on any atom is 0.118 e. The number of hydrogen-bond acceptors (Lipinski definition) is 4. The lowest BCUT2D eigenvalue weighted by molar-refractivity contribution is 0.415. The van der Waals surface area contributed by atoms with Crippen LogP contribution in [-0.4, -0.2) is 22.1 Å². The SMILES string of the molecule is COc1ccc(-c2nc3c(ccc4ncccc43)nc2C)cc1. The van der Waals surface area contributed by atoms with Crippen molar-refractivity contribution in [1.82, 2.24) is 15.0 Å². The van der Waals surface area contributed by atoms with E-state index in [0.717, 1.165) is 44.6 Å². The van der Waals surface area contributed by atoms with Crippen LogP contribution in [0.15, 0.2) is 54.7 Å². The second-order valence-electron chi connectivity index (χ2n) is 5.39. The minimum Gasteiger partial charge on any atom is -0.497 e.